The van der Waals surface area contributed by atoms with Crippen LogP contribution in [0.25, 0.3) is 0 Å². The van der Waals surface area contributed by atoms with Gasteiger partial charge in [-0.05, 0) is 107 Å². The normalized spacial score (nSPS) is 51.9. The topological polar surface area (TPSA) is 93.5 Å². The molecule has 6 nitrogen and oxygen atoms in total. The number of rotatable bonds is 2. The molecule has 6 rings (SSSR count). The van der Waals surface area contributed by atoms with Gasteiger partial charge in [0.15, 0.2) is 0 Å². The fraction of sp³-hybridized carbons (Fsp3) is 0.926. The number of ether oxygens (including phenoxy) is 1. The number of piperidine rings is 1. The maximum atomic E-state index is 11.6. The highest BCUT2D eigenvalue weighted by atomic mass is 32.2. The van der Waals surface area contributed by atoms with Crippen molar-refractivity contribution >= 4 is 18.1 Å². The Labute approximate surface area is 213 Å². The van der Waals surface area contributed by atoms with Gasteiger partial charge < -0.3 is 10.1 Å². The van der Waals surface area contributed by atoms with Crippen molar-refractivity contribution in [1.82, 2.24) is 10.0 Å². The van der Waals surface area contributed by atoms with Crippen molar-refractivity contribution in [2.45, 2.75) is 115 Å². The number of hydrogen-bond acceptors (Lipinski definition) is 4. The molecule has 0 amide bonds. The van der Waals surface area contributed by atoms with Gasteiger partial charge in [-0.3, -0.25) is 0 Å². The van der Waals surface area contributed by atoms with Crippen LogP contribution in [-0.4, -0.2) is 46.6 Å². The lowest BCUT2D eigenvalue weighted by Crippen LogP contribution is -2.51. The van der Waals surface area contributed by atoms with Crippen LogP contribution in [0.3, 0.4) is 0 Å². The van der Waals surface area contributed by atoms with E-state index in [1.54, 1.807) is 11.1 Å². The van der Waals surface area contributed by atoms with Crippen molar-refractivity contribution in [1.29, 1.82) is 0 Å². The van der Waals surface area contributed by atoms with Crippen LogP contribution in [0.15, 0.2) is 11.1 Å². The zero-order valence-corrected chi connectivity index (χ0v) is 23.0. The van der Waals surface area contributed by atoms with Gasteiger partial charge in [-0.15, -0.1) is 0 Å². The second-order valence-corrected chi connectivity index (χ2v) is 15.1. The molecule has 0 aromatic rings. The lowest BCUT2D eigenvalue weighted by molar-refractivity contribution is -0.0711. The standard InChI is InChI=1S/C27H46BN3O3S/c1-15-13-27(16(2)25-24(34-27)11-18(28)14-30-25)9-7-20-21-5-4-17-10-19(31-35(29,32)33)6-8-26(17,3)23(21)12-22(15)20/h16-21,23-25,30-31H,4-14,28H2,1-3H3,(H2,29,32,33)/t16-,17-,18+,19-,20+,21+,23+,24-,25+,26+,27+/m1/s1. The molecule has 0 aromatic carbocycles. The average Bonchev–Trinajstić information content (AvgIpc) is 3.23. The van der Waals surface area contributed by atoms with Crippen molar-refractivity contribution < 1.29 is 13.2 Å². The van der Waals surface area contributed by atoms with Crippen molar-refractivity contribution in [2.24, 2.45) is 40.1 Å². The molecule has 8 heteroatoms. The van der Waals surface area contributed by atoms with E-state index >= 15 is 0 Å². The smallest absolute Gasteiger partial charge is 0.274 e. The molecule has 35 heavy (non-hydrogen) atoms. The van der Waals surface area contributed by atoms with Gasteiger partial charge in [0, 0.05) is 18.0 Å². The highest BCUT2D eigenvalue weighted by Gasteiger charge is 2.59. The van der Waals surface area contributed by atoms with Gasteiger partial charge >= 0.3 is 0 Å². The first kappa shape index (κ1) is 24.9. The first-order valence-corrected chi connectivity index (χ1v) is 15.9. The van der Waals surface area contributed by atoms with Crippen molar-refractivity contribution in [2.75, 3.05) is 6.54 Å². The molecule has 2 saturated heterocycles. The van der Waals surface area contributed by atoms with Crippen LogP contribution in [0.2, 0.25) is 5.82 Å². The van der Waals surface area contributed by atoms with Crippen molar-refractivity contribution in [3.63, 3.8) is 0 Å². The zero-order chi connectivity index (χ0) is 24.8. The Hall–Kier alpha value is -0.405. The first-order valence-electron chi connectivity index (χ1n) is 14.4. The molecule has 2 heterocycles. The van der Waals surface area contributed by atoms with E-state index in [9.17, 15) is 8.42 Å². The number of hydrogen-bond donors (Lipinski definition) is 3. The summed E-state index contributed by atoms with van der Waals surface area (Å²) in [7, 11) is -1.28. The minimum Gasteiger partial charge on any atom is -0.369 e. The van der Waals surface area contributed by atoms with Crippen molar-refractivity contribution in [3.8, 4) is 0 Å². The Morgan fingerprint density at radius 2 is 1.97 bits per heavy atom. The summed E-state index contributed by atoms with van der Waals surface area (Å²) < 4.78 is 33.0. The molecule has 2 aliphatic heterocycles. The van der Waals surface area contributed by atoms with Crippen LogP contribution in [-0.2, 0) is 14.9 Å². The van der Waals surface area contributed by atoms with E-state index < -0.39 is 10.2 Å². The molecule has 5 fully saturated rings. The van der Waals surface area contributed by atoms with E-state index in [2.05, 4.69) is 38.7 Å². The molecule has 0 unspecified atom stereocenters. The third kappa shape index (κ3) is 4.09. The summed E-state index contributed by atoms with van der Waals surface area (Å²) in [5, 5.41) is 9.15. The third-order valence-corrected chi connectivity index (χ3v) is 12.6. The second-order valence-electron chi connectivity index (χ2n) is 13.8. The van der Waals surface area contributed by atoms with Crippen LogP contribution < -0.4 is 15.2 Å². The fourth-order valence-corrected chi connectivity index (χ4v) is 10.8. The zero-order valence-electron chi connectivity index (χ0n) is 22.2. The average molecular weight is 504 g/mol. The summed E-state index contributed by atoms with van der Waals surface area (Å²) in [5.41, 5.74) is 3.74. The summed E-state index contributed by atoms with van der Waals surface area (Å²) in [4.78, 5) is 0. The van der Waals surface area contributed by atoms with Crippen molar-refractivity contribution in [3.05, 3.63) is 11.1 Å². The molecular weight excluding hydrogens is 457 g/mol. The third-order valence-electron chi connectivity index (χ3n) is 12.0. The minimum absolute atomic E-state index is 0.00757. The highest BCUT2D eigenvalue weighted by molar-refractivity contribution is 7.87. The maximum absolute atomic E-state index is 11.6. The first-order chi connectivity index (χ1) is 16.5. The number of fused-ring (bicyclic) bond motifs is 6. The lowest BCUT2D eigenvalue weighted by Gasteiger charge is -2.54. The Morgan fingerprint density at radius 3 is 2.74 bits per heavy atom. The minimum atomic E-state index is -3.63. The number of nitrogens with one attached hydrogen (secondary N) is 2. The largest absolute Gasteiger partial charge is 0.369 e. The molecule has 1 spiro atoms. The summed E-state index contributed by atoms with van der Waals surface area (Å²) in [5.74, 6) is 4.13. The number of nitrogens with two attached hydrogens (primary N) is 1. The molecule has 6 aliphatic rings. The summed E-state index contributed by atoms with van der Waals surface area (Å²) in [6.07, 6.45) is 11.9. The molecular formula is C27H46BN3O3S. The Balaban J connectivity index is 1.22. The molecule has 4 aliphatic carbocycles. The van der Waals surface area contributed by atoms with E-state index in [1.165, 1.54) is 38.5 Å². The molecule has 3 saturated carbocycles. The quantitative estimate of drug-likeness (QED) is 0.399. The van der Waals surface area contributed by atoms with Gasteiger partial charge in [0.1, 0.15) is 7.85 Å². The molecule has 0 bridgehead atoms. The molecule has 4 N–H and O–H groups in total. The van der Waals surface area contributed by atoms with E-state index in [0.29, 0.717) is 35.2 Å². The summed E-state index contributed by atoms with van der Waals surface area (Å²) >= 11 is 0. The Bertz CT molecular complexity index is 1000. The molecule has 196 valence electrons. The van der Waals surface area contributed by atoms with Crippen LogP contribution in [0.5, 0.6) is 0 Å². The SMILES string of the molecule is B[C@@H]1CN[C@H]2[C@@H](C)[C@@]3(CC[C@@H]4C(=C(C)C3)C[C@H]3[C@H]4CC[C@@H]4C[C@H](NS(N)(=O)=O)CC[C@@]43C)O[C@@H]2C1. The van der Waals surface area contributed by atoms with Gasteiger partial charge in [0.05, 0.1) is 11.7 Å². The van der Waals surface area contributed by atoms with E-state index in [0.717, 1.165) is 50.0 Å². The second kappa shape index (κ2) is 8.55. The monoisotopic (exact) mass is 503 g/mol. The highest BCUT2D eigenvalue weighted by Crippen LogP contribution is 2.65. The van der Waals surface area contributed by atoms with Gasteiger partial charge in [-0.2, -0.15) is 13.1 Å². The van der Waals surface area contributed by atoms with Gasteiger partial charge in [0.2, 0.25) is 0 Å². The van der Waals surface area contributed by atoms with Gasteiger partial charge in [0.25, 0.3) is 10.2 Å². The van der Waals surface area contributed by atoms with Crippen LogP contribution in [0, 0.1) is 35.0 Å². The molecule has 0 aromatic heterocycles. The van der Waals surface area contributed by atoms with Gasteiger partial charge in [-0.1, -0.05) is 30.8 Å². The maximum Gasteiger partial charge on any atom is 0.274 e. The predicted molar refractivity (Wildman–Crippen MR) is 142 cm³/mol. The van der Waals surface area contributed by atoms with E-state index in [1.807, 2.05) is 0 Å². The predicted octanol–water partition coefficient (Wildman–Crippen LogP) is 3.06. The van der Waals surface area contributed by atoms with E-state index in [-0.39, 0.29) is 11.6 Å². The summed E-state index contributed by atoms with van der Waals surface area (Å²) in [6.45, 7) is 8.54. The van der Waals surface area contributed by atoms with Gasteiger partial charge in [-0.25, -0.2) is 5.14 Å². The lowest BCUT2D eigenvalue weighted by atomic mass is 9.52. The fourth-order valence-electron chi connectivity index (χ4n) is 10.2. The molecule has 11 atom stereocenters. The summed E-state index contributed by atoms with van der Waals surface area (Å²) in [6, 6.07) is 0.526. The number of allylic oxidation sites excluding steroid dienone is 1. The van der Waals surface area contributed by atoms with E-state index in [4.69, 9.17) is 9.88 Å². The van der Waals surface area contributed by atoms with Crippen LogP contribution in [0.4, 0.5) is 0 Å². The van der Waals surface area contributed by atoms with Crippen LogP contribution in [0.1, 0.15) is 85.0 Å². The Morgan fingerprint density at radius 1 is 1.17 bits per heavy atom. The molecule has 0 radical (unpaired) electrons. The van der Waals surface area contributed by atoms with Crippen LogP contribution >= 0.6 is 0 Å². The Kier molecular flexibility index (Phi) is 6.09.